The van der Waals surface area contributed by atoms with E-state index in [0.29, 0.717) is 5.56 Å². The third-order valence-corrected chi connectivity index (χ3v) is 6.69. The van der Waals surface area contributed by atoms with Crippen LogP contribution in [0.3, 0.4) is 0 Å². The molecule has 0 bridgehead atoms. The Kier molecular flexibility index (Phi) is 4.19. The summed E-state index contributed by atoms with van der Waals surface area (Å²) in [5, 5.41) is 12.6. The van der Waals surface area contributed by atoms with Crippen LogP contribution in [-0.4, -0.2) is 30.2 Å². The summed E-state index contributed by atoms with van der Waals surface area (Å²) in [5.74, 6) is -1.93. The molecule has 3 aromatic rings. The van der Waals surface area contributed by atoms with Crippen molar-refractivity contribution in [1.29, 1.82) is 0 Å². The molecule has 0 atom stereocenters. The largest absolute Gasteiger partial charge is 0.505 e. The number of rotatable bonds is 2. The van der Waals surface area contributed by atoms with E-state index in [0.717, 1.165) is 33.3 Å². The summed E-state index contributed by atoms with van der Waals surface area (Å²) < 4.78 is 40.5. The fourth-order valence-corrected chi connectivity index (χ4v) is 5.07. The van der Waals surface area contributed by atoms with Crippen LogP contribution in [0.1, 0.15) is 22.8 Å². The van der Waals surface area contributed by atoms with Gasteiger partial charge in [-0.1, -0.05) is 36.4 Å². The highest BCUT2D eigenvalue weighted by Gasteiger charge is 2.41. The Morgan fingerprint density at radius 1 is 1.04 bits per heavy atom. The Hall–Kier alpha value is -3.19. The van der Waals surface area contributed by atoms with Crippen molar-refractivity contribution in [2.24, 2.45) is 0 Å². The summed E-state index contributed by atoms with van der Waals surface area (Å²) >= 11 is 0. The van der Waals surface area contributed by atoms with Gasteiger partial charge in [-0.05, 0) is 42.0 Å². The fraction of sp³-hybridized carbons (Fsp3) is 0.0952. The van der Waals surface area contributed by atoms with E-state index in [1.807, 2.05) is 24.3 Å². The van der Waals surface area contributed by atoms with Crippen LogP contribution in [0, 0.1) is 5.82 Å². The van der Waals surface area contributed by atoms with Crippen LogP contribution in [-0.2, 0) is 10.0 Å². The zero-order valence-corrected chi connectivity index (χ0v) is 15.7. The predicted molar refractivity (Wildman–Crippen MR) is 104 cm³/mol. The number of aliphatic hydroxyl groups excluding tert-OH is 1. The van der Waals surface area contributed by atoms with Gasteiger partial charge in [-0.15, -0.1) is 0 Å². The summed E-state index contributed by atoms with van der Waals surface area (Å²) in [6.07, 6.45) is 0. The Morgan fingerprint density at radius 2 is 1.75 bits per heavy atom. The minimum Gasteiger partial charge on any atom is -0.505 e. The first-order valence-corrected chi connectivity index (χ1v) is 10.1. The number of Topliss-reactive ketones (excluding diaryl/α,β-unsaturated/α-hetero) is 1. The van der Waals surface area contributed by atoms with E-state index in [4.69, 9.17) is 0 Å². The first kappa shape index (κ1) is 18.2. The molecule has 1 aliphatic heterocycles. The number of aliphatic hydroxyl groups is 1. The number of benzene rings is 3. The molecular weight excluding hydrogens is 381 g/mol. The van der Waals surface area contributed by atoms with E-state index in [-0.39, 0.29) is 22.7 Å². The molecule has 0 saturated heterocycles. The number of halogens is 1. The van der Waals surface area contributed by atoms with Crippen LogP contribution in [0.5, 0.6) is 0 Å². The van der Waals surface area contributed by atoms with Crippen LogP contribution in [0.2, 0.25) is 0 Å². The number of fused-ring (bicyclic) bond motifs is 2. The van der Waals surface area contributed by atoms with Gasteiger partial charge in [-0.2, -0.15) is 0 Å². The maximum atomic E-state index is 13.7. The van der Waals surface area contributed by atoms with Gasteiger partial charge in [0, 0.05) is 17.7 Å². The summed E-state index contributed by atoms with van der Waals surface area (Å²) in [4.78, 5) is 12.7. The first-order valence-electron chi connectivity index (χ1n) is 8.64. The molecule has 1 aliphatic rings. The normalized spacial score (nSPS) is 17.5. The first-order chi connectivity index (χ1) is 13.3. The number of carbonyl (C=O) groups excluding carboxylic acids is 1. The van der Waals surface area contributed by atoms with Gasteiger partial charge < -0.3 is 5.11 Å². The zero-order valence-electron chi connectivity index (χ0n) is 14.9. The van der Waals surface area contributed by atoms with Crippen LogP contribution < -0.4 is 0 Å². The molecule has 0 aliphatic carbocycles. The van der Waals surface area contributed by atoms with E-state index in [9.17, 15) is 22.7 Å². The summed E-state index contributed by atoms with van der Waals surface area (Å²) in [7, 11) is -4.10. The minimum atomic E-state index is -4.10. The van der Waals surface area contributed by atoms with Gasteiger partial charge in [0.25, 0.3) is 10.0 Å². The molecule has 0 spiro atoms. The lowest BCUT2D eigenvalue weighted by molar-refractivity contribution is 0.0999. The number of likely N-dealkylation sites (N-methyl/N-ethyl adjacent to an activating group) is 1. The number of allylic oxidation sites excluding steroid dienone is 1. The van der Waals surface area contributed by atoms with Crippen molar-refractivity contribution in [3.8, 4) is 0 Å². The lowest BCUT2D eigenvalue weighted by atomic mass is 10.0. The fourth-order valence-electron chi connectivity index (χ4n) is 3.41. The van der Waals surface area contributed by atoms with Crippen molar-refractivity contribution in [3.63, 3.8) is 0 Å². The molecule has 7 heteroatoms. The average molecular weight is 397 g/mol. The Bertz CT molecular complexity index is 1260. The minimum absolute atomic E-state index is 0.0577. The topological polar surface area (TPSA) is 74.7 Å². The van der Waals surface area contributed by atoms with E-state index < -0.39 is 27.4 Å². The third-order valence-electron chi connectivity index (χ3n) is 4.75. The summed E-state index contributed by atoms with van der Waals surface area (Å²) in [5.41, 5.74) is -0.363. The highest BCUT2D eigenvalue weighted by molar-refractivity contribution is 7.89. The van der Waals surface area contributed by atoms with Crippen molar-refractivity contribution in [1.82, 2.24) is 4.31 Å². The highest BCUT2D eigenvalue weighted by atomic mass is 32.2. The third kappa shape index (κ3) is 2.66. The highest BCUT2D eigenvalue weighted by Crippen LogP contribution is 2.36. The molecular formula is C21H16FNO4S. The van der Waals surface area contributed by atoms with E-state index in [1.54, 1.807) is 25.1 Å². The van der Waals surface area contributed by atoms with Crippen LogP contribution in [0.4, 0.5) is 4.39 Å². The van der Waals surface area contributed by atoms with Crippen LogP contribution in [0.25, 0.3) is 16.5 Å². The van der Waals surface area contributed by atoms with Gasteiger partial charge in [0.2, 0.25) is 5.78 Å². The van der Waals surface area contributed by atoms with E-state index in [2.05, 4.69) is 0 Å². The molecule has 0 radical (unpaired) electrons. The monoisotopic (exact) mass is 397 g/mol. The molecule has 0 amide bonds. The summed E-state index contributed by atoms with van der Waals surface area (Å²) in [6, 6.07) is 15.5. The molecule has 142 valence electrons. The Morgan fingerprint density at radius 3 is 2.46 bits per heavy atom. The van der Waals surface area contributed by atoms with Gasteiger partial charge >= 0.3 is 0 Å². The summed E-state index contributed by atoms with van der Waals surface area (Å²) in [6.45, 7) is 1.50. The SMILES string of the molecule is CCN1/C(=C(/O)c2ccc3ccccc3c2)C(=O)c2cc(F)ccc2S1(=O)=O. The number of carbonyl (C=O) groups is 1. The molecule has 0 fully saturated rings. The Balaban J connectivity index is 1.99. The molecule has 28 heavy (non-hydrogen) atoms. The maximum absolute atomic E-state index is 13.7. The quantitative estimate of drug-likeness (QED) is 0.522. The average Bonchev–Trinajstić information content (AvgIpc) is 2.69. The van der Waals surface area contributed by atoms with Crippen LogP contribution >= 0.6 is 0 Å². The van der Waals surface area contributed by atoms with Crippen LogP contribution in [0.15, 0.2) is 71.3 Å². The van der Waals surface area contributed by atoms with E-state index in [1.165, 1.54) is 0 Å². The molecule has 0 saturated carbocycles. The second kappa shape index (κ2) is 6.45. The Labute approximate surface area is 161 Å². The second-order valence-electron chi connectivity index (χ2n) is 6.40. The molecule has 0 unspecified atom stereocenters. The lowest BCUT2D eigenvalue weighted by Crippen LogP contribution is -2.39. The lowest BCUT2D eigenvalue weighted by Gasteiger charge is -2.31. The second-order valence-corrected chi connectivity index (χ2v) is 8.23. The van der Waals surface area contributed by atoms with Gasteiger partial charge in [-0.3, -0.25) is 9.10 Å². The molecule has 4 rings (SSSR count). The van der Waals surface area contributed by atoms with Gasteiger partial charge in [0.15, 0.2) is 5.76 Å². The van der Waals surface area contributed by atoms with Crippen molar-refractivity contribution in [2.45, 2.75) is 11.8 Å². The van der Waals surface area contributed by atoms with Crippen molar-refractivity contribution < 1.29 is 22.7 Å². The van der Waals surface area contributed by atoms with Crippen molar-refractivity contribution >= 4 is 32.3 Å². The molecule has 3 aromatic carbocycles. The molecule has 0 aromatic heterocycles. The van der Waals surface area contributed by atoms with Crippen molar-refractivity contribution in [2.75, 3.05) is 6.54 Å². The molecule has 5 nitrogen and oxygen atoms in total. The zero-order chi connectivity index (χ0) is 20.1. The number of nitrogens with zero attached hydrogens (tertiary/aromatic N) is 1. The number of sulfonamides is 1. The smallest absolute Gasteiger partial charge is 0.265 e. The van der Waals surface area contributed by atoms with Gasteiger partial charge in [0.05, 0.1) is 4.90 Å². The maximum Gasteiger partial charge on any atom is 0.265 e. The van der Waals surface area contributed by atoms with Gasteiger partial charge in [-0.25, -0.2) is 12.8 Å². The standard InChI is InChI=1S/C21H16FNO4S/c1-2-23-19(20(24)15-8-7-13-5-3-4-6-14(13)11-15)21(25)17-12-16(22)9-10-18(17)28(23,26)27/h3-12,24H,2H2,1H3/b20-19+. The number of hydrogen-bond acceptors (Lipinski definition) is 4. The predicted octanol–water partition coefficient (Wildman–Crippen LogP) is 4.11. The number of hydrogen-bond donors (Lipinski definition) is 1. The van der Waals surface area contributed by atoms with E-state index >= 15 is 0 Å². The van der Waals surface area contributed by atoms with Crippen molar-refractivity contribution in [3.05, 3.63) is 83.3 Å². The number of ketones is 1. The molecule has 1 N–H and O–H groups in total. The molecule has 1 heterocycles. The van der Waals surface area contributed by atoms with Gasteiger partial charge in [0.1, 0.15) is 11.5 Å².